The normalized spacial score (nSPS) is 12.7. The van der Waals surface area contributed by atoms with Crippen LogP contribution >= 0.6 is 73.1 Å². The second kappa shape index (κ2) is 7.79. The molecule has 1 atom stereocenters. The molecule has 1 N–H and O–H groups in total. The molecule has 1 nitrogen and oxygen atoms in total. The molecule has 20 heavy (non-hydrogen) atoms. The third-order valence-electron chi connectivity index (χ3n) is 2.86. The summed E-state index contributed by atoms with van der Waals surface area (Å²) >= 11 is 19.7. The standard InChI is InChI=1S/C14H13BrCl2INS/c1-2-5-19-13(10-7-12(16)20-14(10)17)9-6-8(15)3-4-11(9)18/h3-4,6-7,13,19H,2,5H2,1H3. The Morgan fingerprint density at radius 2 is 2.05 bits per heavy atom. The molecule has 1 heterocycles. The van der Waals surface area contributed by atoms with Gasteiger partial charge in [0.2, 0.25) is 0 Å². The molecule has 0 fully saturated rings. The molecule has 2 aromatic rings. The van der Waals surface area contributed by atoms with Gasteiger partial charge in [-0.2, -0.15) is 0 Å². The number of rotatable bonds is 5. The monoisotopic (exact) mass is 503 g/mol. The third-order valence-corrected chi connectivity index (χ3v) is 5.86. The second-order valence-corrected chi connectivity index (χ2v) is 8.70. The van der Waals surface area contributed by atoms with Crippen molar-refractivity contribution in [3.63, 3.8) is 0 Å². The van der Waals surface area contributed by atoms with Crippen molar-refractivity contribution in [1.82, 2.24) is 5.32 Å². The highest BCUT2D eigenvalue weighted by Gasteiger charge is 2.21. The zero-order chi connectivity index (χ0) is 14.7. The van der Waals surface area contributed by atoms with Crippen molar-refractivity contribution in [1.29, 1.82) is 0 Å². The fourth-order valence-electron chi connectivity index (χ4n) is 1.96. The van der Waals surface area contributed by atoms with Crippen LogP contribution in [-0.4, -0.2) is 6.54 Å². The molecule has 0 bridgehead atoms. The van der Waals surface area contributed by atoms with E-state index in [2.05, 4.69) is 62.9 Å². The van der Waals surface area contributed by atoms with E-state index in [1.807, 2.05) is 12.1 Å². The zero-order valence-electron chi connectivity index (χ0n) is 10.7. The van der Waals surface area contributed by atoms with Crippen LogP contribution in [-0.2, 0) is 0 Å². The summed E-state index contributed by atoms with van der Waals surface area (Å²) in [4.78, 5) is 0. The largest absolute Gasteiger partial charge is 0.306 e. The lowest BCUT2D eigenvalue weighted by Crippen LogP contribution is -2.23. The maximum absolute atomic E-state index is 6.34. The predicted octanol–water partition coefficient (Wildman–Crippen LogP) is 6.51. The van der Waals surface area contributed by atoms with E-state index in [0.717, 1.165) is 31.7 Å². The number of hydrogen-bond donors (Lipinski definition) is 1. The number of thiophene rings is 1. The quantitative estimate of drug-likeness (QED) is 0.458. The van der Waals surface area contributed by atoms with E-state index in [-0.39, 0.29) is 6.04 Å². The maximum atomic E-state index is 6.34. The van der Waals surface area contributed by atoms with Crippen LogP contribution in [0.3, 0.4) is 0 Å². The molecule has 0 radical (unpaired) electrons. The summed E-state index contributed by atoms with van der Waals surface area (Å²) in [5.41, 5.74) is 2.26. The number of halogens is 4. The van der Waals surface area contributed by atoms with Crippen molar-refractivity contribution in [2.75, 3.05) is 6.54 Å². The molecule has 0 saturated heterocycles. The van der Waals surface area contributed by atoms with Crippen LogP contribution in [0.5, 0.6) is 0 Å². The van der Waals surface area contributed by atoms with E-state index in [9.17, 15) is 0 Å². The van der Waals surface area contributed by atoms with Crippen molar-refractivity contribution < 1.29 is 0 Å². The zero-order valence-corrected chi connectivity index (χ0v) is 16.8. The van der Waals surface area contributed by atoms with E-state index in [4.69, 9.17) is 23.2 Å². The predicted molar refractivity (Wildman–Crippen MR) is 101 cm³/mol. The Hall–Kier alpha value is 0.670. The van der Waals surface area contributed by atoms with Crippen LogP contribution in [0.4, 0.5) is 0 Å². The van der Waals surface area contributed by atoms with Gasteiger partial charge >= 0.3 is 0 Å². The molecule has 0 aliphatic carbocycles. The molecule has 0 aliphatic heterocycles. The fourth-order valence-corrected chi connectivity index (χ4v) is 4.52. The summed E-state index contributed by atoms with van der Waals surface area (Å²) in [5.74, 6) is 0. The molecule has 0 aliphatic rings. The van der Waals surface area contributed by atoms with Gasteiger partial charge in [-0.15, -0.1) is 11.3 Å². The highest BCUT2D eigenvalue weighted by Crippen LogP contribution is 2.39. The fraction of sp³-hybridized carbons (Fsp3) is 0.286. The Balaban J connectivity index is 2.46. The van der Waals surface area contributed by atoms with Crippen LogP contribution < -0.4 is 5.32 Å². The van der Waals surface area contributed by atoms with Gasteiger partial charge in [0.25, 0.3) is 0 Å². The molecule has 108 valence electrons. The van der Waals surface area contributed by atoms with E-state index < -0.39 is 0 Å². The maximum Gasteiger partial charge on any atom is 0.0995 e. The highest BCUT2D eigenvalue weighted by molar-refractivity contribution is 14.1. The van der Waals surface area contributed by atoms with Gasteiger partial charge in [-0.1, -0.05) is 46.1 Å². The molecule has 0 spiro atoms. The molecule has 2 rings (SSSR count). The first-order valence-electron chi connectivity index (χ1n) is 6.16. The number of hydrogen-bond acceptors (Lipinski definition) is 2. The molecule has 1 unspecified atom stereocenters. The van der Waals surface area contributed by atoms with Crippen molar-refractivity contribution >= 4 is 73.1 Å². The van der Waals surface area contributed by atoms with Crippen molar-refractivity contribution in [2.45, 2.75) is 19.4 Å². The first-order valence-corrected chi connectivity index (χ1v) is 9.60. The summed E-state index contributed by atoms with van der Waals surface area (Å²) in [7, 11) is 0. The summed E-state index contributed by atoms with van der Waals surface area (Å²) in [6, 6.07) is 8.30. The third kappa shape index (κ3) is 4.11. The summed E-state index contributed by atoms with van der Waals surface area (Å²) in [5, 5.41) is 3.56. The van der Waals surface area contributed by atoms with Gasteiger partial charge in [-0.05, 0) is 65.4 Å². The van der Waals surface area contributed by atoms with Gasteiger partial charge < -0.3 is 5.32 Å². The minimum Gasteiger partial charge on any atom is -0.306 e. The van der Waals surface area contributed by atoms with Crippen LogP contribution in [0.2, 0.25) is 8.67 Å². The van der Waals surface area contributed by atoms with Crippen LogP contribution in [0.15, 0.2) is 28.7 Å². The Labute approximate surface area is 155 Å². The number of nitrogens with one attached hydrogen (secondary N) is 1. The lowest BCUT2D eigenvalue weighted by atomic mass is 10.0. The molecular weight excluding hydrogens is 492 g/mol. The average Bonchev–Trinajstić information content (AvgIpc) is 2.73. The lowest BCUT2D eigenvalue weighted by Gasteiger charge is -2.20. The average molecular weight is 505 g/mol. The van der Waals surface area contributed by atoms with Gasteiger partial charge in [0.15, 0.2) is 0 Å². The highest BCUT2D eigenvalue weighted by atomic mass is 127. The Morgan fingerprint density at radius 1 is 1.30 bits per heavy atom. The smallest absolute Gasteiger partial charge is 0.0995 e. The van der Waals surface area contributed by atoms with Crippen molar-refractivity contribution in [2.24, 2.45) is 0 Å². The Kier molecular flexibility index (Phi) is 6.63. The van der Waals surface area contributed by atoms with E-state index in [1.165, 1.54) is 20.5 Å². The van der Waals surface area contributed by atoms with E-state index >= 15 is 0 Å². The Bertz CT molecular complexity index is 603. The van der Waals surface area contributed by atoms with Gasteiger partial charge in [0.1, 0.15) is 0 Å². The van der Waals surface area contributed by atoms with E-state index in [0.29, 0.717) is 0 Å². The van der Waals surface area contributed by atoms with Crippen molar-refractivity contribution in [3.05, 3.63) is 52.1 Å². The van der Waals surface area contributed by atoms with Gasteiger partial charge in [0.05, 0.1) is 14.7 Å². The summed E-state index contributed by atoms with van der Waals surface area (Å²) < 4.78 is 3.74. The number of benzene rings is 1. The summed E-state index contributed by atoms with van der Waals surface area (Å²) in [6.07, 6.45) is 1.07. The SMILES string of the molecule is CCCNC(c1cc(Br)ccc1I)c1cc(Cl)sc1Cl. The van der Waals surface area contributed by atoms with Gasteiger partial charge in [-0.25, -0.2) is 0 Å². The minimum atomic E-state index is 0.0654. The first kappa shape index (κ1) is 17.0. The molecule has 1 aromatic carbocycles. The van der Waals surface area contributed by atoms with Gasteiger partial charge in [0, 0.05) is 13.6 Å². The van der Waals surface area contributed by atoms with Gasteiger partial charge in [-0.3, -0.25) is 0 Å². The van der Waals surface area contributed by atoms with Crippen LogP contribution in [0, 0.1) is 3.57 Å². The molecule has 1 aromatic heterocycles. The first-order chi connectivity index (χ1) is 9.52. The lowest BCUT2D eigenvalue weighted by molar-refractivity contribution is 0.598. The van der Waals surface area contributed by atoms with Crippen LogP contribution in [0.25, 0.3) is 0 Å². The minimum absolute atomic E-state index is 0.0654. The van der Waals surface area contributed by atoms with Crippen LogP contribution in [0.1, 0.15) is 30.5 Å². The second-order valence-electron chi connectivity index (χ2n) is 4.33. The summed E-state index contributed by atoms with van der Waals surface area (Å²) in [6.45, 7) is 3.08. The topological polar surface area (TPSA) is 12.0 Å². The molecule has 6 heteroatoms. The molecule has 0 amide bonds. The molecule has 0 saturated carbocycles. The van der Waals surface area contributed by atoms with E-state index in [1.54, 1.807) is 0 Å². The molecular formula is C14H13BrCl2INS. The van der Waals surface area contributed by atoms with Crippen molar-refractivity contribution in [3.8, 4) is 0 Å². The Morgan fingerprint density at radius 3 is 2.65 bits per heavy atom.